The first-order valence-electron chi connectivity index (χ1n) is 5.95. The monoisotopic (exact) mass is 261 g/mol. The highest BCUT2D eigenvalue weighted by Gasteiger charge is 2.17. The molecule has 6 heteroatoms. The van der Waals surface area contributed by atoms with Crippen LogP contribution in [0.2, 0.25) is 0 Å². The maximum Gasteiger partial charge on any atom is 0.272 e. The van der Waals surface area contributed by atoms with Crippen molar-refractivity contribution in [3.8, 4) is 0 Å². The minimum absolute atomic E-state index is 0.0521. The van der Waals surface area contributed by atoms with Crippen LogP contribution in [0.3, 0.4) is 0 Å². The summed E-state index contributed by atoms with van der Waals surface area (Å²) in [6.45, 7) is 4.93. The van der Waals surface area contributed by atoms with Crippen LogP contribution in [-0.2, 0) is 4.79 Å². The molecule has 100 valence electrons. The summed E-state index contributed by atoms with van der Waals surface area (Å²) in [7, 11) is 0. The Hall–Kier alpha value is -2.21. The lowest BCUT2D eigenvalue weighted by Crippen LogP contribution is -2.36. The van der Waals surface area contributed by atoms with Gasteiger partial charge in [0.2, 0.25) is 0 Å². The summed E-state index contributed by atoms with van der Waals surface area (Å²) in [6.07, 6.45) is 0. The zero-order valence-corrected chi connectivity index (χ0v) is 10.8. The number of nitrogens with one attached hydrogen (secondary N) is 2. The molecule has 1 fully saturated rings. The standard InChI is InChI=1S/C13H15N3O3/c1-8-5-11(3-4-12(8)16(18)19)15-13(17)9(2)10-6-14-7-10/h3-5,14H,6-7H2,1-2H3,(H,15,17). The predicted octanol–water partition coefficient (Wildman–Crippen LogP) is 1.76. The van der Waals surface area contributed by atoms with Crippen LogP contribution in [0.25, 0.3) is 0 Å². The third-order valence-corrected chi connectivity index (χ3v) is 3.20. The third kappa shape index (κ3) is 2.79. The number of nitro groups is 1. The van der Waals surface area contributed by atoms with Gasteiger partial charge in [-0.1, -0.05) is 0 Å². The van der Waals surface area contributed by atoms with Crippen LogP contribution in [0.4, 0.5) is 11.4 Å². The first-order valence-corrected chi connectivity index (χ1v) is 5.95. The van der Waals surface area contributed by atoms with Crippen LogP contribution in [0.15, 0.2) is 29.3 Å². The molecular weight excluding hydrogens is 246 g/mol. The lowest BCUT2D eigenvalue weighted by Gasteiger charge is -2.21. The van der Waals surface area contributed by atoms with Gasteiger partial charge in [0.05, 0.1) is 4.92 Å². The van der Waals surface area contributed by atoms with E-state index >= 15 is 0 Å². The zero-order chi connectivity index (χ0) is 14.0. The molecule has 0 atom stereocenters. The summed E-state index contributed by atoms with van der Waals surface area (Å²) in [5.41, 5.74) is 2.95. The van der Waals surface area contributed by atoms with Gasteiger partial charge in [-0.3, -0.25) is 14.9 Å². The van der Waals surface area contributed by atoms with E-state index in [1.165, 1.54) is 6.07 Å². The molecule has 1 aliphatic heterocycles. The molecule has 0 aliphatic carbocycles. The summed E-state index contributed by atoms with van der Waals surface area (Å²) in [6, 6.07) is 4.55. The van der Waals surface area contributed by atoms with Gasteiger partial charge in [-0.25, -0.2) is 0 Å². The van der Waals surface area contributed by atoms with E-state index < -0.39 is 4.92 Å². The smallest absolute Gasteiger partial charge is 0.272 e. The van der Waals surface area contributed by atoms with Gasteiger partial charge in [-0.05, 0) is 31.6 Å². The second-order valence-corrected chi connectivity index (χ2v) is 4.54. The molecule has 0 radical (unpaired) electrons. The van der Waals surface area contributed by atoms with Gasteiger partial charge < -0.3 is 10.6 Å². The highest BCUT2D eigenvalue weighted by molar-refractivity contribution is 6.04. The summed E-state index contributed by atoms with van der Waals surface area (Å²) >= 11 is 0. The summed E-state index contributed by atoms with van der Waals surface area (Å²) in [5, 5.41) is 16.5. The van der Waals surface area contributed by atoms with Crippen molar-refractivity contribution in [2.75, 3.05) is 18.4 Å². The Morgan fingerprint density at radius 2 is 2.11 bits per heavy atom. The van der Waals surface area contributed by atoms with Crippen LogP contribution < -0.4 is 10.6 Å². The summed E-state index contributed by atoms with van der Waals surface area (Å²) < 4.78 is 0. The average Bonchev–Trinajstić information content (AvgIpc) is 2.25. The molecule has 1 aromatic rings. The minimum atomic E-state index is -0.436. The molecule has 1 aliphatic rings. The number of carbonyl (C=O) groups excluding carboxylic acids is 1. The number of hydrogen-bond acceptors (Lipinski definition) is 4. The van der Waals surface area contributed by atoms with Gasteiger partial charge in [0, 0.05) is 36.0 Å². The molecule has 0 aromatic heterocycles. The van der Waals surface area contributed by atoms with E-state index in [1.54, 1.807) is 26.0 Å². The Labute approximate surface area is 110 Å². The SMILES string of the molecule is CC(C(=O)Nc1ccc([N+](=O)[O-])c(C)c1)=C1CNC1. The normalized spacial score (nSPS) is 13.7. The number of rotatable bonds is 3. The van der Waals surface area contributed by atoms with Crippen molar-refractivity contribution in [1.29, 1.82) is 0 Å². The molecule has 1 amide bonds. The number of hydrogen-bond donors (Lipinski definition) is 2. The van der Waals surface area contributed by atoms with Crippen molar-refractivity contribution in [2.45, 2.75) is 13.8 Å². The van der Waals surface area contributed by atoms with Crippen LogP contribution in [0.5, 0.6) is 0 Å². The Morgan fingerprint density at radius 1 is 1.42 bits per heavy atom. The molecule has 6 nitrogen and oxygen atoms in total. The van der Waals surface area contributed by atoms with Crippen molar-refractivity contribution < 1.29 is 9.72 Å². The zero-order valence-electron chi connectivity index (χ0n) is 10.8. The van der Waals surface area contributed by atoms with Gasteiger partial charge >= 0.3 is 0 Å². The second kappa shape index (κ2) is 5.19. The van der Waals surface area contributed by atoms with E-state index in [2.05, 4.69) is 10.6 Å². The van der Waals surface area contributed by atoms with E-state index in [0.29, 0.717) is 16.8 Å². The Bertz CT molecular complexity index is 572. The van der Waals surface area contributed by atoms with Crippen molar-refractivity contribution >= 4 is 17.3 Å². The van der Waals surface area contributed by atoms with E-state index in [1.807, 2.05) is 0 Å². The van der Waals surface area contributed by atoms with Gasteiger partial charge in [0.1, 0.15) is 0 Å². The third-order valence-electron chi connectivity index (χ3n) is 3.20. The van der Waals surface area contributed by atoms with Gasteiger partial charge in [0.15, 0.2) is 0 Å². The number of amides is 1. The fourth-order valence-electron chi connectivity index (χ4n) is 1.84. The van der Waals surface area contributed by atoms with Crippen molar-refractivity contribution in [2.24, 2.45) is 0 Å². The highest BCUT2D eigenvalue weighted by atomic mass is 16.6. The van der Waals surface area contributed by atoms with Crippen LogP contribution in [0.1, 0.15) is 12.5 Å². The second-order valence-electron chi connectivity index (χ2n) is 4.54. The summed E-state index contributed by atoms with van der Waals surface area (Å²) in [4.78, 5) is 22.2. The first-order chi connectivity index (χ1) is 8.99. The highest BCUT2D eigenvalue weighted by Crippen LogP contribution is 2.22. The molecule has 1 heterocycles. The van der Waals surface area contributed by atoms with Crippen LogP contribution >= 0.6 is 0 Å². The number of nitro benzene ring substituents is 1. The maximum absolute atomic E-state index is 11.9. The number of aryl methyl sites for hydroxylation is 1. The summed E-state index contributed by atoms with van der Waals surface area (Å²) in [5.74, 6) is -0.162. The first kappa shape index (κ1) is 13.2. The molecule has 0 saturated carbocycles. The van der Waals surface area contributed by atoms with E-state index in [4.69, 9.17) is 0 Å². The minimum Gasteiger partial charge on any atom is -0.322 e. The Morgan fingerprint density at radius 3 is 2.58 bits per heavy atom. The Balaban J connectivity index is 2.13. The largest absolute Gasteiger partial charge is 0.322 e. The van der Waals surface area contributed by atoms with E-state index in [9.17, 15) is 14.9 Å². The van der Waals surface area contributed by atoms with Gasteiger partial charge in [-0.2, -0.15) is 0 Å². The van der Waals surface area contributed by atoms with E-state index in [0.717, 1.165) is 18.7 Å². The molecule has 19 heavy (non-hydrogen) atoms. The molecule has 1 aromatic carbocycles. The molecule has 0 spiro atoms. The number of benzene rings is 1. The molecule has 1 saturated heterocycles. The fraction of sp³-hybridized carbons (Fsp3) is 0.308. The van der Waals surface area contributed by atoms with Crippen molar-refractivity contribution in [1.82, 2.24) is 5.32 Å². The lowest BCUT2D eigenvalue weighted by atomic mass is 10.0. The Kier molecular flexibility index (Phi) is 3.62. The lowest BCUT2D eigenvalue weighted by molar-refractivity contribution is -0.385. The van der Waals surface area contributed by atoms with Crippen LogP contribution in [-0.4, -0.2) is 23.9 Å². The molecule has 2 N–H and O–H groups in total. The topological polar surface area (TPSA) is 84.3 Å². The fourth-order valence-corrected chi connectivity index (χ4v) is 1.84. The van der Waals surface area contributed by atoms with Crippen LogP contribution in [0, 0.1) is 17.0 Å². The molecule has 0 unspecified atom stereocenters. The predicted molar refractivity (Wildman–Crippen MR) is 72.0 cm³/mol. The maximum atomic E-state index is 11.9. The van der Waals surface area contributed by atoms with Crippen molar-refractivity contribution in [3.05, 3.63) is 45.0 Å². The molecular formula is C13H15N3O3. The quantitative estimate of drug-likeness (QED) is 0.493. The van der Waals surface area contributed by atoms with Gasteiger partial charge in [-0.15, -0.1) is 0 Å². The van der Waals surface area contributed by atoms with Crippen molar-refractivity contribution in [3.63, 3.8) is 0 Å². The van der Waals surface area contributed by atoms with E-state index in [-0.39, 0.29) is 11.6 Å². The van der Waals surface area contributed by atoms with Gasteiger partial charge in [0.25, 0.3) is 11.6 Å². The number of nitrogens with zero attached hydrogens (tertiary/aromatic N) is 1. The molecule has 0 bridgehead atoms. The number of anilines is 1. The molecule has 2 rings (SSSR count). The average molecular weight is 261 g/mol. The number of carbonyl (C=O) groups is 1.